The normalized spacial score (nSPS) is 16.7. The molecule has 0 atom stereocenters. The Bertz CT molecular complexity index is 850. The summed E-state index contributed by atoms with van der Waals surface area (Å²) in [7, 11) is 0. The number of H-pyrrole nitrogens is 1. The first-order valence-corrected chi connectivity index (χ1v) is 7.54. The molecule has 0 spiro atoms. The molecule has 22 heavy (non-hydrogen) atoms. The zero-order valence-corrected chi connectivity index (χ0v) is 12.4. The van der Waals surface area contributed by atoms with Crippen LogP contribution >= 0.6 is 0 Å². The topological polar surface area (TPSA) is 85.3 Å². The monoisotopic (exact) mass is 298 g/mol. The largest absolute Gasteiger partial charge is 0.508 e. The van der Waals surface area contributed by atoms with E-state index in [1.54, 1.807) is 12.1 Å². The smallest absolute Gasteiger partial charge is 0.144 e. The molecule has 3 heterocycles. The minimum absolute atomic E-state index is 0.221. The average molecular weight is 298 g/mol. The number of piperidine rings is 1. The van der Waals surface area contributed by atoms with Gasteiger partial charge in [-0.3, -0.25) is 0 Å². The van der Waals surface area contributed by atoms with Gasteiger partial charge >= 0.3 is 0 Å². The Morgan fingerprint density at radius 1 is 1.23 bits per heavy atom. The number of aliphatic hydroxyl groups is 1. The molecule has 0 amide bonds. The molecule has 0 unspecified atom stereocenters. The van der Waals surface area contributed by atoms with Crippen LogP contribution in [0.25, 0.3) is 21.9 Å². The molecule has 3 aromatic rings. The van der Waals surface area contributed by atoms with Gasteiger partial charge in [0.05, 0.1) is 11.5 Å². The molecule has 0 aliphatic carbocycles. The van der Waals surface area contributed by atoms with Gasteiger partial charge in [-0.2, -0.15) is 0 Å². The number of rotatable bonds is 1. The summed E-state index contributed by atoms with van der Waals surface area (Å²) >= 11 is 0. The van der Waals surface area contributed by atoms with Crippen LogP contribution in [0.1, 0.15) is 18.7 Å². The summed E-state index contributed by atoms with van der Waals surface area (Å²) in [4.78, 5) is 14.6. The summed E-state index contributed by atoms with van der Waals surface area (Å²) in [6.07, 6.45) is 1.28. The van der Waals surface area contributed by atoms with Gasteiger partial charge in [0.15, 0.2) is 0 Å². The lowest BCUT2D eigenvalue weighted by atomic mass is 10.1. The van der Waals surface area contributed by atoms with E-state index in [1.807, 2.05) is 13.0 Å². The lowest BCUT2D eigenvalue weighted by Crippen LogP contribution is -2.36. The molecule has 1 aromatic carbocycles. The number of aliphatic hydroxyl groups excluding tert-OH is 1. The molecule has 0 bridgehead atoms. The molecule has 1 saturated heterocycles. The van der Waals surface area contributed by atoms with Gasteiger partial charge in [-0.15, -0.1) is 0 Å². The zero-order chi connectivity index (χ0) is 15.3. The second-order valence-electron chi connectivity index (χ2n) is 5.89. The van der Waals surface area contributed by atoms with E-state index in [0.29, 0.717) is 5.82 Å². The Morgan fingerprint density at radius 3 is 2.77 bits per heavy atom. The Hall–Kier alpha value is -2.34. The standard InChI is InChI=1S/C16H18N4O2/c1-9-17-15-14(12-8-11(22)2-3-13(12)19-15)16(18-9)20-6-4-10(21)5-7-20/h2-3,8,10,21-22H,4-7H2,1H3,(H,17,18,19). The molecule has 6 heteroatoms. The maximum atomic E-state index is 9.80. The first kappa shape index (κ1) is 13.3. The minimum Gasteiger partial charge on any atom is -0.508 e. The number of aryl methyl sites for hydroxylation is 1. The second-order valence-corrected chi connectivity index (χ2v) is 5.89. The van der Waals surface area contributed by atoms with Crippen molar-refractivity contribution in [2.24, 2.45) is 0 Å². The molecule has 6 nitrogen and oxygen atoms in total. The minimum atomic E-state index is -0.221. The highest BCUT2D eigenvalue weighted by Gasteiger charge is 2.22. The molecule has 0 radical (unpaired) electrons. The Kier molecular flexibility index (Phi) is 2.94. The highest BCUT2D eigenvalue weighted by Crippen LogP contribution is 2.34. The third-order valence-corrected chi connectivity index (χ3v) is 4.29. The molecular formula is C16H18N4O2. The first-order chi connectivity index (χ1) is 10.6. The van der Waals surface area contributed by atoms with Crippen molar-refractivity contribution in [3.8, 4) is 5.75 Å². The van der Waals surface area contributed by atoms with E-state index in [2.05, 4.69) is 19.9 Å². The number of hydrogen-bond donors (Lipinski definition) is 3. The lowest BCUT2D eigenvalue weighted by Gasteiger charge is -2.31. The summed E-state index contributed by atoms with van der Waals surface area (Å²) in [5, 5.41) is 21.4. The van der Waals surface area contributed by atoms with E-state index < -0.39 is 0 Å². The number of benzene rings is 1. The van der Waals surface area contributed by atoms with Crippen molar-refractivity contribution in [3.05, 3.63) is 24.0 Å². The van der Waals surface area contributed by atoms with Crippen LogP contribution in [-0.4, -0.2) is 44.4 Å². The third-order valence-electron chi connectivity index (χ3n) is 4.29. The number of aromatic hydroxyl groups is 1. The van der Waals surface area contributed by atoms with Crippen LogP contribution in [0.3, 0.4) is 0 Å². The van der Waals surface area contributed by atoms with E-state index in [-0.39, 0.29) is 11.9 Å². The van der Waals surface area contributed by atoms with Crippen LogP contribution in [-0.2, 0) is 0 Å². The van der Waals surface area contributed by atoms with Crippen LogP contribution in [0.4, 0.5) is 5.82 Å². The Balaban J connectivity index is 1.96. The SMILES string of the molecule is Cc1nc(N2CCC(O)CC2)c2c(n1)[nH]c1ccc(O)cc12. The summed E-state index contributed by atoms with van der Waals surface area (Å²) in [5.74, 6) is 1.82. The Morgan fingerprint density at radius 2 is 2.00 bits per heavy atom. The maximum Gasteiger partial charge on any atom is 0.144 e. The van der Waals surface area contributed by atoms with E-state index in [4.69, 9.17) is 0 Å². The maximum absolute atomic E-state index is 9.80. The van der Waals surface area contributed by atoms with Gasteiger partial charge in [-0.05, 0) is 38.0 Å². The molecular weight excluding hydrogens is 280 g/mol. The molecule has 1 aliphatic heterocycles. The van der Waals surface area contributed by atoms with E-state index in [0.717, 1.165) is 53.7 Å². The number of anilines is 1. The zero-order valence-electron chi connectivity index (χ0n) is 12.4. The van der Waals surface area contributed by atoms with Gasteiger partial charge in [0.2, 0.25) is 0 Å². The fourth-order valence-electron chi connectivity index (χ4n) is 3.18. The fourth-order valence-corrected chi connectivity index (χ4v) is 3.18. The van der Waals surface area contributed by atoms with Crippen molar-refractivity contribution in [2.45, 2.75) is 25.9 Å². The summed E-state index contributed by atoms with van der Waals surface area (Å²) in [5.41, 5.74) is 1.72. The number of fused-ring (bicyclic) bond motifs is 3. The second kappa shape index (κ2) is 4.84. The molecule has 114 valence electrons. The predicted octanol–water partition coefficient (Wildman–Crippen LogP) is 2.09. The van der Waals surface area contributed by atoms with Crippen molar-refractivity contribution >= 4 is 27.8 Å². The Labute approximate surface area is 127 Å². The van der Waals surface area contributed by atoms with E-state index in [9.17, 15) is 10.2 Å². The number of nitrogens with one attached hydrogen (secondary N) is 1. The fraction of sp³-hybridized carbons (Fsp3) is 0.375. The third kappa shape index (κ3) is 2.07. The van der Waals surface area contributed by atoms with Crippen molar-refractivity contribution in [3.63, 3.8) is 0 Å². The van der Waals surface area contributed by atoms with Gasteiger partial charge in [0, 0.05) is 24.0 Å². The van der Waals surface area contributed by atoms with Crippen molar-refractivity contribution in [2.75, 3.05) is 18.0 Å². The number of phenolic OH excluding ortho intramolecular Hbond substituents is 1. The molecule has 2 aromatic heterocycles. The average Bonchev–Trinajstić information content (AvgIpc) is 2.84. The van der Waals surface area contributed by atoms with Crippen LogP contribution in [0.5, 0.6) is 5.75 Å². The van der Waals surface area contributed by atoms with E-state index in [1.165, 1.54) is 0 Å². The van der Waals surface area contributed by atoms with Crippen molar-refractivity contribution in [1.82, 2.24) is 15.0 Å². The van der Waals surface area contributed by atoms with Crippen molar-refractivity contribution in [1.29, 1.82) is 0 Å². The summed E-state index contributed by atoms with van der Waals surface area (Å²) in [6, 6.07) is 5.26. The van der Waals surface area contributed by atoms with Gasteiger partial charge in [0.25, 0.3) is 0 Å². The number of aromatic amines is 1. The van der Waals surface area contributed by atoms with Gasteiger partial charge in [0.1, 0.15) is 23.0 Å². The molecule has 1 fully saturated rings. The summed E-state index contributed by atoms with van der Waals surface area (Å²) < 4.78 is 0. The quantitative estimate of drug-likeness (QED) is 0.640. The molecule has 4 rings (SSSR count). The number of aromatic nitrogens is 3. The molecule has 3 N–H and O–H groups in total. The highest BCUT2D eigenvalue weighted by molar-refractivity contribution is 6.11. The lowest BCUT2D eigenvalue weighted by molar-refractivity contribution is 0.145. The first-order valence-electron chi connectivity index (χ1n) is 7.54. The van der Waals surface area contributed by atoms with Crippen molar-refractivity contribution < 1.29 is 10.2 Å². The van der Waals surface area contributed by atoms with Crippen LogP contribution < -0.4 is 4.90 Å². The predicted molar refractivity (Wildman–Crippen MR) is 85.3 cm³/mol. The van der Waals surface area contributed by atoms with Gasteiger partial charge < -0.3 is 20.1 Å². The van der Waals surface area contributed by atoms with Gasteiger partial charge in [-0.1, -0.05) is 0 Å². The van der Waals surface area contributed by atoms with Crippen LogP contribution in [0, 0.1) is 6.92 Å². The van der Waals surface area contributed by atoms with Crippen LogP contribution in [0.15, 0.2) is 18.2 Å². The number of nitrogens with zero attached hydrogens (tertiary/aromatic N) is 3. The van der Waals surface area contributed by atoms with E-state index >= 15 is 0 Å². The number of hydrogen-bond acceptors (Lipinski definition) is 5. The van der Waals surface area contributed by atoms with Gasteiger partial charge in [-0.25, -0.2) is 9.97 Å². The molecule has 0 saturated carbocycles. The number of phenols is 1. The van der Waals surface area contributed by atoms with Crippen LogP contribution in [0.2, 0.25) is 0 Å². The summed E-state index contributed by atoms with van der Waals surface area (Å²) in [6.45, 7) is 3.43. The molecule has 1 aliphatic rings. The highest BCUT2D eigenvalue weighted by atomic mass is 16.3.